The highest BCUT2D eigenvalue weighted by Gasteiger charge is 2.10. The Balaban J connectivity index is 1.87. The van der Waals surface area contributed by atoms with Gasteiger partial charge in [0.05, 0.1) is 18.3 Å². The first-order chi connectivity index (χ1) is 11.9. The molecule has 6 nitrogen and oxygen atoms in total. The van der Waals surface area contributed by atoms with Gasteiger partial charge in [0.25, 0.3) is 11.8 Å². The standard InChI is InChI=1S/C18H18BrN3O3/c1-11-7-13(8-12(2)17(11)24)9-21-22-16(23)10-20-18(25)14-5-3-4-6-15(14)19/h3-9,24H,10H2,1-2H3,(H,20,25)(H,22,23). The summed E-state index contributed by atoms with van der Waals surface area (Å²) in [5.74, 6) is -0.545. The Labute approximate surface area is 154 Å². The second-order valence-electron chi connectivity index (χ2n) is 5.46. The number of hydrogen-bond donors (Lipinski definition) is 3. The number of aromatic hydroxyl groups is 1. The van der Waals surface area contributed by atoms with Crippen LogP contribution in [-0.2, 0) is 4.79 Å². The second-order valence-corrected chi connectivity index (χ2v) is 6.31. The van der Waals surface area contributed by atoms with E-state index in [4.69, 9.17) is 0 Å². The molecule has 0 fully saturated rings. The van der Waals surface area contributed by atoms with Crippen LogP contribution in [0.2, 0.25) is 0 Å². The van der Waals surface area contributed by atoms with E-state index >= 15 is 0 Å². The Morgan fingerprint density at radius 3 is 2.48 bits per heavy atom. The summed E-state index contributed by atoms with van der Waals surface area (Å²) in [4.78, 5) is 23.7. The molecule has 130 valence electrons. The Bertz CT molecular complexity index is 811. The molecule has 0 aromatic heterocycles. The van der Waals surface area contributed by atoms with Crippen LogP contribution in [-0.4, -0.2) is 29.7 Å². The zero-order chi connectivity index (χ0) is 18.4. The second kappa shape index (κ2) is 8.43. The third-order valence-corrected chi connectivity index (χ3v) is 4.14. The molecule has 0 radical (unpaired) electrons. The monoisotopic (exact) mass is 403 g/mol. The first-order valence-electron chi connectivity index (χ1n) is 7.53. The molecule has 2 amide bonds. The molecule has 0 heterocycles. The van der Waals surface area contributed by atoms with Gasteiger partial charge in [0.1, 0.15) is 5.75 Å². The van der Waals surface area contributed by atoms with Crippen LogP contribution in [0.25, 0.3) is 0 Å². The van der Waals surface area contributed by atoms with Crippen molar-refractivity contribution in [3.63, 3.8) is 0 Å². The van der Waals surface area contributed by atoms with Gasteiger partial charge in [-0.15, -0.1) is 0 Å². The molecule has 0 spiro atoms. The average molecular weight is 404 g/mol. The fourth-order valence-corrected chi connectivity index (χ4v) is 2.65. The van der Waals surface area contributed by atoms with Gasteiger partial charge in [0, 0.05) is 4.47 Å². The van der Waals surface area contributed by atoms with Gasteiger partial charge in [0.15, 0.2) is 0 Å². The molecular weight excluding hydrogens is 386 g/mol. The third kappa shape index (κ3) is 5.15. The third-order valence-electron chi connectivity index (χ3n) is 3.44. The molecule has 2 aromatic carbocycles. The first-order valence-corrected chi connectivity index (χ1v) is 8.32. The zero-order valence-electron chi connectivity index (χ0n) is 13.8. The van der Waals surface area contributed by atoms with Crippen molar-refractivity contribution in [1.29, 1.82) is 0 Å². The van der Waals surface area contributed by atoms with Crippen molar-refractivity contribution >= 4 is 34.0 Å². The number of phenols is 1. The highest BCUT2D eigenvalue weighted by molar-refractivity contribution is 9.10. The molecule has 0 aliphatic rings. The molecular formula is C18H18BrN3O3. The Morgan fingerprint density at radius 2 is 1.84 bits per heavy atom. The number of hydrazone groups is 1. The minimum atomic E-state index is -0.441. The topological polar surface area (TPSA) is 90.8 Å². The predicted octanol–water partition coefficient (Wildman–Crippen LogP) is 2.65. The maximum Gasteiger partial charge on any atom is 0.259 e. The summed E-state index contributed by atoms with van der Waals surface area (Å²) in [6.45, 7) is 3.39. The van der Waals surface area contributed by atoms with Crippen LogP contribution < -0.4 is 10.7 Å². The van der Waals surface area contributed by atoms with Gasteiger partial charge in [-0.25, -0.2) is 5.43 Å². The summed E-state index contributed by atoms with van der Waals surface area (Å²) in [6.07, 6.45) is 1.48. The number of nitrogens with zero attached hydrogens (tertiary/aromatic N) is 1. The molecule has 0 aliphatic carbocycles. The van der Waals surface area contributed by atoms with E-state index in [9.17, 15) is 14.7 Å². The van der Waals surface area contributed by atoms with E-state index in [1.54, 1.807) is 50.2 Å². The number of rotatable bonds is 5. The van der Waals surface area contributed by atoms with E-state index in [2.05, 4.69) is 31.8 Å². The number of nitrogens with one attached hydrogen (secondary N) is 2. The number of amides is 2. The minimum absolute atomic E-state index is 0.189. The summed E-state index contributed by atoms with van der Waals surface area (Å²) in [7, 11) is 0. The van der Waals surface area contributed by atoms with Crippen LogP contribution >= 0.6 is 15.9 Å². The van der Waals surface area contributed by atoms with Gasteiger partial charge < -0.3 is 10.4 Å². The van der Waals surface area contributed by atoms with E-state index in [0.717, 1.165) is 16.7 Å². The molecule has 7 heteroatoms. The molecule has 0 saturated heterocycles. The Morgan fingerprint density at radius 1 is 1.20 bits per heavy atom. The average Bonchev–Trinajstić information content (AvgIpc) is 2.58. The van der Waals surface area contributed by atoms with Crippen molar-refractivity contribution in [3.8, 4) is 5.75 Å². The van der Waals surface area contributed by atoms with Crippen LogP contribution in [0.4, 0.5) is 0 Å². The molecule has 0 unspecified atom stereocenters. The first kappa shape index (κ1) is 18.7. The molecule has 0 atom stereocenters. The summed E-state index contributed by atoms with van der Waals surface area (Å²) >= 11 is 3.29. The summed E-state index contributed by atoms with van der Waals surface area (Å²) in [5.41, 5.74) is 5.02. The van der Waals surface area contributed by atoms with Crippen LogP contribution in [0.3, 0.4) is 0 Å². The van der Waals surface area contributed by atoms with E-state index in [-0.39, 0.29) is 18.2 Å². The van der Waals surface area contributed by atoms with Gasteiger partial charge in [-0.05, 0) is 70.7 Å². The molecule has 2 aromatic rings. The lowest BCUT2D eigenvalue weighted by Crippen LogP contribution is -2.35. The normalized spacial score (nSPS) is 10.7. The molecule has 25 heavy (non-hydrogen) atoms. The van der Waals surface area contributed by atoms with Crippen LogP contribution in [0, 0.1) is 13.8 Å². The van der Waals surface area contributed by atoms with Crippen molar-refractivity contribution in [1.82, 2.24) is 10.7 Å². The summed E-state index contributed by atoms with van der Waals surface area (Å²) < 4.78 is 0.656. The lowest BCUT2D eigenvalue weighted by atomic mass is 10.1. The van der Waals surface area contributed by atoms with E-state index in [0.29, 0.717) is 10.0 Å². The smallest absolute Gasteiger partial charge is 0.259 e. The van der Waals surface area contributed by atoms with Gasteiger partial charge in [-0.2, -0.15) is 5.10 Å². The van der Waals surface area contributed by atoms with Gasteiger partial charge in [-0.3, -0.25) is 9.59 Å². The van der Waals surface area contributed by atoms with Crippen molar-refractivity contribution < 1.29 is 14.7 Å². The summed E-state index contributed by atoms with van der Waals surface area (Å²) in [6, 6.07) is 10.5. The molecule has 0 bridgehead atoms. The van der Waals surface area contributed by atoms with E-state index in [1.807, 2.05) is 0 Å². The van der Waals surface area contributed by atoms with Crippen LogP contribution in [0.1, 0.15) is 27.0 Å². The number of carbonyl (C=O) groups excluding carboxylic acids is 2. The number of phenolic OH excluding ortho intramolecular Hbond substituents is 1. The molecule has 0 aliphatic heterocycles. The Kier molecular flexibility index (Phi) is 6.30. The van der Waals surface area contributed by atoms with Crippen molar-refractivity contribution in [2.24, 2.45) is 5.10 Å². The fourth-order valence-electron chi connectivity index (χ4n) is 2.18. The van der Waals surface area contributed by atoms with E-state index < -0.39 is 5.91 Å². The van der Waals surface area contributed by atoms with Gasteiger partial charge in [-0.1, -0.05) is 12.1 Å². The van der Waals surface area contributed by atoms with Crippen molar-refractivity contribution in [2.75, 3.05) is 6.54 Å². The number of carbonyl (C=O) groups is 2. The SMILES string of the molecule is Cc1cc(C=NNC(=O)CNC(=O)c2ccccc2Br)cc(C)c1O. The molecule has 0 saturated carbocycles. The predicted molar refractivity (Wildman–Crippen MR) is 99.8 cm³/mol. The van der Waals surface area contributed by atoms with Crippen molar-refractivity contribution in [2.45, 2.75) is 13.8 Å². The highest BCUT2D eigenvalue weighted by atomic mass is 79.9. The quantitative estimate of drug-likeness (QED) is 0.529. The number of halogens is 1. The molecule has 3 N–H and O–H groups in total. The van der Waals surface area contributed by atoms with Gasteiger partial charge >= 0.3 is 0 Å². The number of benzene rings is 2. The number of aryl methyl sites for hydroxylation is 2. The van der Waals surface area contributed by atoms with E-state index in [1.165, 1.54) is 6.21 Å². The largest absolute Gasteiger partial charge is 0.507 e. The minimum Gasteiger partial charge on any atom is -0.507 e. The zero-order valence-corrected chi connectivity index (χ0v) is 15.4. The van der Waals surface area contributed by atoms with Gasteiger partial charge in [0.2, 0.25) is 0 Å². The lowest BCUT2D eigenvalue weighted by molar-refractivity contribution is -0.120. The lowest BCUT2D eigenvalue weighted by Gasteiger charge is -2.06. The van der Waals surface area contributed by atoms with Crippen LogP contribution in [0.15, 0.2) is 46.0 Å². The Hall–Kier alpha value is -2.67. The fraction of sp³-hybridized carbons (Fsp3) is 0.167. The molecule has 2 rings (SSSR count). The summed E-state index contributed by atoms with van der Waals surface area (Å²) in [5, 5.41) is 16.1. The highest BCUT2D eigenvalue weighted by Crippen LogP contribution is 2.22. The van der Waals surface area contributed by atoms with Crippen molar-refractivity contribution in [3.05, 3.63) is 63.1 Å². The maximum absolute atomic E-state index is 12.0. The maximum atomic E-state index is 12.0. The number of hydrogen-bond acceptors (Lipinski definition) is 4. The van der Waals surface area contributed by atoms with Crippen LogP contribution in [0.5, 0.6) is 5.75 Å².